The number of benzene rings is 2. The van der Waals surface area contributed by atoms with Crippen LogP contribution in [0.3, 0.4) is 0 Å². The van der Waals surface area contributed by atoms with Crippen molar-refractivity contribution in [3.63, 3.8) is 0 Å². The maximum atomic E-state index is 5.06. The topological polar surface area (TPSA) is 61.4 Å². The van der Waals surface area contributed by atoms with Crippen LogP contribution in [0.25, 0.3) is 28.5 Å². The van der Waals surface area contributed by atoms with E-state index in [4.69, 9.17) is 15.1 Å². The van der Waals surface area contributed by atoms with E-state index in [1.54, 1.807) is 0 Å². The van der Waals surface area contributed by atoms with Crippen LogP contribution < -0.4 is 0 Å². The molecule has 0 amide bonds. The Balaban J connectivity index is 0.00000267. The summed E-state index contributed by atoms with van der Waals surface area (Å²) in [6.45, 7) is 8.57. The third-order valence-electron chi connectivity index (χ3n) is 6.98. The molecule has 36 heavy (non-hydrogen) atoms. The number of para-hydroxylation sites is 1. The fourth-order valence-corrected chi connectivity index (χ4v) is 4.57. The van der Waals surface area contributed by atoms with E-state index in [1.165, 1.54) is 0 Å². The summed E-state index contributed by atoms with van der Waals surface area (Å²) in [7, 11) is 2.02. The molecule has 182 valence electrons. The number of rotatable bonds is 1. The van der Waals surface area contributed by atoms with E-state index in [9.17, 15) is 0 Å². The molecule has 0 atom stereocenters. The molecule has 6 nitrogen and oxygen atoms in total. The summed E-state index contributed by atoms with van der Waals surface area (Å²) in [5.74, 6) is 2.26. The summed E-state index contributed by atoms with van der Waals surface area (Å²) in [6, 6.07) is 23.5. The van der Waals surface area contributed by atoms with E-state index >= 15 is 0 Å². The summed E-state index contributed by atoms with van der Waals surface area (Å²) < 4.78 is 3.94. The predicted octanol–water partition coefficient (Wildman–Crippen LogP) is 5.29. The number of hydrogen-bond donors (Lipinski definition) is 0. The molecule has 2 aromatic carbocycles. The van der Waals surface area contributed by atoms with Gasteiger partial charge in [0.15, 0.2) is 5.82 Å². The third kappa shape index (κ3) is 3.75. The minimum atomic E-state index is -0.531. The van der Waals surface area contributed by atoms with E-state index < -0.39 is 5.41 Å². The van der Waals surface area contributed by atoms with E-state index in [1.807, 2.05) is 54.5 Å². The molecule has 0 radical (unpaired) electrons. The van der Waals surface area contributed by atoms with Gasteiger partial charge in [-0.25, -0.2) is 0 Å². The zero-order valence-corrected chi connectivity index (χ0v) is 23.1. The quantitative estimate of drug-likeness (QED) is 0.231. The Bertz CT molecular complexity index is 1560. The van der Waals surface area contributed by atoms with Gasteiger partial charge in [-0.3, -0.25) is 14.6 Å². The van der Waals surface area contributed by atoms with Gasteiger partial charge in [-0.05, 0) is 31.4 Å². The van der Waals surface area contributed by atoms with E-state index in [0.29, 0.717) is 11.6 Å². The van der Waals surface area contributed by atoms with Crippen LogP contribution >= 0.6 is 0 Å². The van der Waals surface area contributed by atoms with Gasteiger partial charge in [0.05, 0.1) is 28.4 Å². The van der Waals surface area contributed by atoms with Gasteiger partial charge in [-0.2, -0.15) is 5.10 Å². The van der Waals surface area contributed by atoms with Crippen molar-refractivity contribution < 1.29 is 21.1 Å². The van der Waals surface area contributed by atoms with Crippen LogP contribution in [0.4, 0.5) is 0 Å². The van der Waals surface area contributed by atoms with Crippen molar-refractivity contribution in [1.29, 1.82) is 0 Å². The molecule has 0 unspecified atom stereocenters. The molecular weight excluding hydrogens is 627 g/mol. The molecular formula is C29H26N6Pt. The molecule has 7 heteroatoms. The summed E-state index contributed by atoms with van der Waals surface area (Å²) in [6.07, 6.45) is 5.75. The molecule has 4 heterocycles. The second-order valence-electron chi connectivity index (χ2n) is 10.2. The summed E-state index contributed by atoms with van der Waals surface area (Å²) in [5.41, 5.74) is 4.68. The molecule has 0 fully saturated rings. The Kier molecular flexibility index (Phi) is 5.83. The van der Waals surface area contributed by atoms with Gasteiger partial charge in [-0.1, -0.05) is 50.0 Å². The number of pyridine rings is 1. The zero-order chi connectivity index (χ0) is 24.4. The molecule has 1 aliphatic rings. The number of nitrogens with zero attached hydrogens (tertiary/aromatic N) is 6. The fraction of sp³-hybridized carbons (Fsp3) is 0.241. The first-order valence-electron chi connectivity index (χ1n) is 11.7. The second kappa shape index (κ2) is 8.63. The number of aromatic nitrogens is 6. The number of aryl methyl sites for hydroxylation is 1. The third-order valence-corrected chi connectivity index (χ3v) is 6.98. The van der Waals surface area contributed by atoms with Crippen molar-refractivity contribution in [1.82, 2.24) is 29.3 Å². The number of imidazole rings is 1. The average molecular weight is 654 g/mol. The normalized spacial score (nSPS) is 15.0. The van der Waals surface area contributed by atoms with Gasteiger partial charge in [0.2, 0.25) is 0 Å². The molecule has 5 aromatic rings. The Hall–Kier alpha value is -3.37. The van der Waals surface area contributed by atoms with Crippen LogP contribution in [0.5, 0.6) is 0 Å². The maximum Gasteiger partial charge on any atom is 2.00 e. The summed E-state index contributed by atoms with van der Waals surface area (Å²) in [4.78, 5) is 14.7. The van der Waals surface area contributed by atoms with Crippen LogP contribution in [-0.2, 0) is 38.9 Å². The van der Waals surface area contributed by atoms with Crippen LogP contribution in [0.15, 0.2) is 67.1 Å². The van der Waals surface area contributed by atoms with Crippen LogP contribution in [0.2, 0.25) is 0 Å². The predicted molar refractivity (Wildman–Crippen MR) is 135 cm³/mol. The monoisotopic (exact) mass is 653 g/mol. The Morgan fingerprint density at radius 2 is 1.50 bits per heavy atom. The first-order valence-corrected chi connectivity index (χ1v) is 11.7. The second-order valence-corrected chi connectivity index (χ2v) is 10.2. The SMILES string of the molecule is Cn1cc2nc1-c1[c-]c(ccc1)C(C)(C)c1[c-]c(cnc1)-c1nc(nn1-c1ccccc1)C2(C)C.[Pt+2]. The van der Waals surface area contributed by atoms with Gasteiger partial charge in [0, 0.05) is 13.2 Å². The molecule has 0 saturated heterocycles. The zero-order valence-electron chi connectivity index (χ0n) is 20.9. The molecule has 1 aliphatic heterocycles. The maximum absolute atomic E-state index is 5.06. The van der Waals surface area contributed by atoms with Gasteiger partial charge < -0.3 is 9.55 Å². The summed E-state index contributed by atoms with van der Waals surface area (Å²) >= 11 is 0. The number of fused-ring (bicyclic) bond motifs is 10. The minimum Gasteiger partial charge on any atom is -0.373 e. The van der Waals surface area contributed by atoms with Gasteiger partial charge >= 0.3 is 21.1 Å². The van der Waals surface area contributed by atoms with Crippen molar-refractivity contribution >= 4 is 0 Å². The Labute approximate surface area is 225 Å². The molecule has 0 aliphatic carbocycles. The van der Waals surface area contributed by atoms with E-state index in [2.05, 4.69) is 73.8 Å². The average Bonchev–Trinajstić information content (AvgIpc) is 3.50. The van der Waals surface area contributed by atoms with Crippen molar-refractivity contribution in [2.45, 2.75) is 38.5 Å². The molecule has 0 N–H and O–H groups in total. The molecule has 6 rings (SSSR count). The van der Waals surface area contributed by atoms with Crippen molar-refractivity contribution in [3.8, 4) is 28.5 Å². The van der Waals surface area contributed by atoms with Crippen LogP contribution in [0.1, 0.15) is 50.3 Å². The standard InChI is InChI=1S/C29H26N6.Pt/c1-28(2)21-11-9-10-19(14-21)25-31-24(18-34(25)5)29(3,4)27-32-26(20-15-22(28)17-30-16-20)35(33-27)23-12-7-6-8-13-23;/h6-13,16-18H,1-5H3;/q-2;+2. The first kappa shape index (κ1) is 24.3. The number of hydrogen-bond acceptors (Lipinski definition) is 4. The Morgan fingerprint density at radius 1 is 0.750 bits per heavy atom. The minimum absolute atomic E-state index is 0. The van der Waals surface area contributed by atoms with Crippen molar-refractivity contribution in [2.24, 2.45) is 7.05 Å². The molecule has 3 aromatic heterocycles. The fourth-order valence-electron chi connectivity index (χ4n) is 4.57. The van der Waals surface area contributed by atoms with Crippen LogP contribution in [-0.4, -0.2) is 29.3 Å². The molecule has 0 saturated carbocycles. The van der Waals surface area contributed by atoms with Crippen molar-refractivity contribution in [2.75, 3.05) is 0 Å². The smallest absolute Gasteiger partial charge is 0.373 e. The van der Waals surface area contributed by atoms with E-state index in [-0.39, 0.29) is 26.5 Å². The molecule has 8 bridgehead atoms. The van der Waals surface area contributed by atoms with Gasteiger partial charge in [0.25, 0.3) is 0 Å². The Morgan fingerprint density at radius 3 is 2.28 bits per heavy atom. The van der Waals surface area contributed by atoms with E-state index in [0.717, 1.165) is 39.5 Å². The summed E-state index contributed by atoms with van der Waals surface area (Å²) in [5, 5.41) is 5.00. The van der Waals surface area contributed by atoms with Crippen LogP contribution in [0, 0.1) is 12.1 Å². The van der Waals surface area contributed by atoms with Gasteiger partial charge in [-0.15, -0.1) is 47.0 Å². The molecule has 0 spiro atoms. The largest absolute Gasteiger partial charge is 2.00 e. The first-order chi connectivity index (χ1) is 16.7. The van der Waals surface area contributed by atoms with Crippen molar-refractivity contribution in [3.05, 3.63) is 102 Å². The van der Waals surface area contributed by atoms with Gasteiger partial charge in [0.1, 0.15) is 0 Å².